The van der Waals surface area contributed by atoms with Gasteiger partial charge in [-0.1, -0.05) is 19.9 Å². The molecule has 2 heterocycles. The van der Waals surface area contributed by atoms with E-state index in [2.05, 4.69) is 0 Å². The second-order valence-corrected chi connectivity index (χ2v) is 9.73. The van der Waals surface area contributed by atoms with Gasteiger partial charge in [0.25, 0.3) is 5.91 Å². The number of hydrogen-bond acceptors (Lipinski definition) is 4. The van der Waals surface area contributed by atoms with E-state index in [0.29, 0.717) is 32.5 Å². The molecule has 3 rings (SSSR count). The van der Waals surface area contributed by atoms with Gasteiger partial charge < -0.3 is 10.0 Å². The molecule has 2 saturated heterocycles. The number of rotatable bonds is 4. The minimum absolute atomic E-state index is 0.0840. The Labute approximate surface area is 160 Å². The Kier molecular flexibility index (Phi) is 5.58. The smallest absolute Gasteiger partial charge is 0.326 e. The highest BCUT2D eigenvalue weighted by atomic mass is 32.2. The molecule has 0 saturated carbocycles. The minimum atomic E-state index is -3.69. The number of likely N-dealkylation sites (tertiary alicyclic amines) is 1. The largest absolute Gasteiger partial charge is 0.480 e. The number of carboxylic acid groups (broad SMARTS) is 1. The third kappa shape index (κ3) is 4.01. The number of amides is 1. The van der Waals surface area contributed by atoms with Gasteiger partial charge in [0.1, 0.15) is 6.04 Å². The van der Waals surface area contributed by atoms with Gasteiger partial charge in [-0.15, -0.1) is 0 Å². The highest BCUT2D eigenvalue weighted by Gasteiger charge is 2.36. The summed E-state index contributed by atoms with van der Waals surface area (Å²) in [4.78, 5) is 25.5. The lowest BCUT2D eigenvalue weighted by Crippen LogP contribution is -2.42. The van der Waals surface area contributed by atoms with Gasteiger partial charge in [-0.3, -0.25) is 4.79 Å². The second-order valence-electron chi connectivity index (χ2n) is 7.79. The van der Waals surface area contributed by atoms with Crippen LogP contribution >= 0.6 is 0 Å². The molecule has 2 unspecified atom stereocenters. The number of benzene rings is 1. The van der Waals surface area contributed by atoms with Crippen molar-refractivity contribution in [2.45, 2.75) is 44.0 Å². The van der Waals surface area contributed by atoms with E-state index in [0.717, 1.165) is 6.42 Å². The zero-order valence-corrected chi connectivity index (χ0v) is 16.5. The average Bonchev–Trinajstić information content (AvgIpc) is 3.10. The number of hydrogen-bond donors (Lipinski definition) is 1. The van der Waals surface area contributed by atoms with E-state index >= 15 is 0 Å². The molecule has 1 N–H and O–H groups in total. The maximum atomic E-state index is 13.1. The molecule has 2 aliphatic rings. The van der Waals surface area contributed by atoms with Gasteiger partial charge in [0.05, 0.1) is 4.90 Å². The fourth-order valence-corrected chi connectivity index (χ4v) is 5.90. The molecule has 7 nitrogen and oxygen atoms in total. The summed E-state index contributed by atoms with van der Waals surface area (Å²) in [5.41, 5.74) is 0.210. The van der Waals surface area contributed by atoms with Crippen LogP contribution in [0.5, 0.6) is 0 Å². The van der Waals surface area contributed by atoms with Crippen LogP contribution in [0, 0.1) is 11.8 Å². The van der Waals surface area contributed by atoms with Crippen molar-refractivity contribution in [3.05, 3.63) is 29.8 Å². The van der Waals surface area contributed by atoms with E-state index < -0.39 is 27.9 Å². The lowest BCUT2D eigenvalue weighted by atomic mass is 9.94. The third-order valence-corrected chi connectivity index (χ3v) is 7.18. The van der Waals surface area contributed by atoms with E-state index in [1.165, 1.54) is 21.3 Å². The predicted octanol–water partition coefficient (Wildman–Crippen LogP) is 2.04. The number of piperidine rings is 1. The summed E-state index contributed by atoms with van der Waals surface area (Å²) in [5, 5.41) is 9.29. The van der Waals surface area contributed by atoms with Gasteiger partial charge in [0.2, 0.25) is 10.0 Å². The summed E-state index contributed by atoms with van der Waals surface area (Å²) in [6.45, 7) is 5.39. The number of carboxylic acids is 1. The van der Waals surface area contributed by atoms with Crippen LogP contribution in [-0.4, -0.2) is 60.3 Å². The first-order valence-electron chi connectivity index (χ1n) is 9.34. The molecular weight excluding hydrogens is 368 g/mol. The van der Waals surface area contributed by atoms with Crippen molar-refractivity contribution in [2.75, 3.05) is 19.6 Å². The molecule has 0 aromatic heterocycles. The maximum Gasteiger partial charge on any atom is 0.326 e. The van der Waals surface area contributed by atoms with Crippen molar-refractivity contribution in [1.29, 1.82) is 0 Å². The van der Waals surface area contributed by atoms with Crippen LogP contribution in [-0.2, 0) is 14.8 Å². The van der Waals surface area contributed by atoms with Crippen molar-refractivity contribution >= 4 is 21.9 Å². The summed E-state index contributed by atoms with van der Waals surface area (Å²) < 4.78 is 27.6. The predicted molar refractivity (Wildman–Crippen MR) is 99.8 cm³/mol. The van der Waals surface area contributed by atoms with Crippen LogP contribution in [0.15, 0.2) is 29.2 Å². The van der Waals surface area contributed by atoms with Crippen LogP contribution in [0.2, 0.25) is 0 Å². The van der Waals surface area contributed by atoms with Crippen molar-refractivity contribution in [2.24, 2.45) is 11.8 Å². The normalized spacial score (nSPS) is 26.9. The van der Waals surface area contributed by atoms with E-state index in [1.807, 2.05) is 13.8 Å². The molecule has 148 valence electrons. The summed E-state index contributed by atoms with van der Waals surface area (Å²) in [7, 11) is -3.69. The molecule has 1 aromatic rings. The summed E-state index contributed by atoms with van der Waals surface area (Å²) in [6, 6.07) is 5.11. The van der Waals surface area contributed by atoms with Gasteiger partial charge in [-0.2, -0.15) is 4.31 Å². The Hall–Kier alpha value is -1.93. The molecule has 1 amide bonds. The number of carbonyl (C=O) groups is 2. The van der Waals surface area contributed by atoms with Crippen LogP contribution in [0.25, 0.3) is 0 Å². The Bertz CT molecular complexity index is 828. The summed E-state index contributed by atoms with van der Waals surface area (Å²) in [6.07, 6.45) is 2.04. The lowest BCUT2D eigenvalue weighted by molar-refractivity contribution is -0.141. The quantitative estimate of drug-likeness (QED) is 0.843. The Morgan fingerprint density at radius 1 is 1.15 bits per heavy atom. The second kappa shape index (κ2) is 7.59. The molecule has 0 spiro atoms. The van der Waals surface area contributed by atoms with Crippen LogP contribution in [0.1, 0.15) is 43.5 Å². The summed E-state index contributed by atoms with van der Waals surface area (Å²) in [5.74, 6) is -0.887. The average molecular weight is 394 g/mol. The van der Waals surface area contributed by atoms with E-state index in [9.17, 15) is 23.1 Å². The number of aliphatic carboxylic acids is 1. The van der Waals surface area contributed by atoms with Gasteiger partial charge in [0.15, 0.2) is 0 Å². The standard InChI is InChI=1S/C19H26N2O5S/c1-13-9-14(2)12-20(11-13)27(25,26)16-6-3-5-15(10-16)18(22)21-8-4-7-17(21)19(23)24/h3,5-6,10,13-14,17H,4,7-9,11-12H2,1-2H3,(H,23,24)/t13?,14?,17-/m0/s1. The first-order chi connectivity index (χ1) is 12.7. The molecular formula is C19H26N2O5S. The Balaban J connectivity index is 1.87. The number of sulfonamides is 1. The first kappa shape index (κ1) is 19.8. The van der Waals surface area contributed by atoms with Gasteiger partial charge in [-0.05, 0) is 49.3 Å². The Morgan fingerprint density at radius 2 is 1.81 bits per heavy atom. The molecule has 0 aliphatic carbocycles. The monoisotopic (exact) mass is 394 g/mol. The fourth-order valence-electron chi connectivity index (χ4n) is 4.17. The molecule has 1 aromatic carbocycles. The van der Waals surface area contributed by atoms with Crippen LogP contribution in [0.4, 0.5) is 0 Å². The van der Waals surface area contributed by atoms with Crippen molar-refractivity contribution in [3.63, 3.8) is 0 Å². The van der Waals surface area contributed by atoms with E-state index in [-0.39, 0.29) is 22.3 Å². The fraction of sp³-hybridized carbons (Fsp3) is 0.579. The Morgan fingerprint density at radius 3 is 2.44 bits per heavy atom. The van der Waals surface area contributed by atoms with Crippen molar-refractivity contribution in [1.82, 2.24) is 9.21 Å². The molecule has 2 aliphatic heterocycles. The van der Waals surface area contributed by atoms with Gasteiger partial charge >= 0.3 is 5.97 Å². The summed E-state index contributed by atoms with van der Waals surface area (Å²) >= 11 is 0. The molecule has 2 fully saturated rings. The maximum absolute atomic E-state index is 13.1. The van der Waals surface area contributed by atoms with E-state index in [1.54, 1.807) is 12.1 Å². The van der Waals surface area contributed by atoms with Crippen LogP contribution in [0.3, 0.4) is 0 Å². The van der Waals surface area contributed by atoms with Gasteiger partial charge in [0, 0.05) is 25.2 Å². The zero-order valence-electron chi connectivity index (χ0n) is 15.7. The third-order valence-electron chi connectivity index (χ3n) is 5.35. The van der Waals surface area contributed by atoms with E-state index in [4.69, 9.17) is 0 Å². The minimum Gasteiger partial charge on any atom is -0.480 e. The first-order valence-corrected chi connectivity index (χ1v) is 10.8. The zero-order chi connectivity index (χ0) is 19.8. The highest BCUT2D eigenvalue weighted by Crippen LogP contribution is 2.28. The molecule has 8 heteroatoms. The van der Waals surface area contributed by atoms with Gasteiger partial charge in [-0.25, -0.2) is 13.2 Å². The highest BCUT2D eigenvalue weighted by molar-refractivity contribution is 7.89. The SMILES string of the molecule is CC1CC(C)CN(S(=O)(=O)c2cccc(C(=O)N3CCC[C@H]3C(=O)O)c2)C1. The van der Waals surface area contributed by atoms with Crippen molar-refractivity contribution < 1.29 is 23.1 Å². The lowest BCUT2D eigenvalue weighted by Gasteiger charge is -2.34. The molecule has 3 atom stereocenters. The number of nitrogens with zero attached hydrogens (tertiary/aromatic N) is 2. The molecule has 0 radical (unpaired) electrons. The molecule has 0 bridgehead atoms. The van der Waals surface area contributed by atoms with Crippen LogP contribution < -0.4 is 0 Å². The number of carbonyl (C=O) groups excluding carboxylic acids is 1. The molecule has 27 heavy (non-hydrogen) atoms. The van der Waals surface area contributed by atoms with Crippen molar-refractivity contribution in [3.8, 4) is 0 Å². The topological polar surface area (TPSA) is 95.0 Å².